The van der Waals surface area contributed by atoms with Crippen LogP contribution in [-0.4, -0.2) is 20.9 Å². The zero-order valence-electron chi connectivity index (χ0n) is 12.5. The molecule has 3 rings (SSSR count). The van der Waals surface area contributed by atoms with Crippen molar-refractivity contribution in [2.45, 2.75) is 0 Å². The van der Waals surface area contributed by atoms with Gasteiger partial charge < -0.3 is 9.47 Å². The molecule has 8 heteroatoms. The molecule has 1 unspecified atom stereocenters. The van der Waals surface area contributed by atoms with Crippen LogP contribution in [0.3, 0.4) is 0 Å². The molecule has 0 aliphatic heterocycles. The molecule has 124 valence electrons. The molecule has 0 bridgehead atoms. The van der Waals surface area contributed by atoms with Crippen molar-refractivity contribution < 1.29 is 22.6 Å². The fraction of sp³-hybridized carbons (Fsp3) is 0.0625. The molecule has 2 aromatic carbocycles. The number of ether oxygens (including phenoxy) is 2. The molecule has 1 aromatic heterocycles. The molecule has 0 radical (unpaired) electrons. The van der Waals surface area contributed by atoms with Crippen molar-refractivity contribution in [3.8, 4) is 17.2 Å². The van der Waals surface area contributed by atoms with Crippen LogP contribution in [0.5, 0.6) is 17.2 Å². The highest BCUT2D eigenvalue weighted by atomic mass is 32.2. The van der Waals surface area contributed by atoms with Crippen molar-refractivity contribution in [3.05, 3.63) is 54.5 Å². The maximum atomic E-state index is 13.9. The Kier molecular flexibility index (Phi) is 4.59. The lowest BCUT2D eigenvalue weighted by Gasteiger charge is -2.10. The van der Waals surface area contributed by atoms with E-state index in [1.807, 2.05) is 0 Å². The number of hydrogen-bond acceptors (Lipinski definition) is 4. The predicted octanol–water partition coefficient (Wildman–Crippen LogP) is 3.72. The molecular weight excluding hydrogens is 335 g/mol. The summed E-state index contributed by atoms with van der Waals surface area (Å²) in [7, 11) is 1.39. The summed E-state index contributed by atoms with van der Waals surface area (Å²) < 4.78 is 46.5. The number of methoxy groups -OCH3 is 1. The number of hydrogen-bond donors (Lipinski definition) is 2. The van der Waals surface area contributed by atoms with Crippen molar-refractivity contribution in [1.29, 1.82) is 0 Å². The normalized spacial score (nSPS) is 12.0. The van der Waals surface area contributed by atoms with Crippen LogP contribution in [0.25, 0.3) is 10.9 Å². The molecule has 6 nitrogen and oxygen atoms in total. The standard InChI is InChI=1S/C16H13FN2O4S/c1-22-16-9-14-12(8-13(16)17)15(6-7-18-14)23-11-4-2-10(3-5-11)19-24(20)21/h2-9,19H,1H3,(H,20,21). The van der Waals surface area contributed by atoms with Gasteiger partial charge in [0.15, 0.2) is 11.6 Å². The number of anilines is 1. The molecule has 0 amide bonds. The van der Waals surface area contributed by atoms with Gasteiger partial charge in [0.25, 0.3) is 11.3 Å². The van der Waals surface area contributed by atoms with Crippen LogP contribution in [0.1, 0.15) is 0 Å². The van der Waals surface area contributed by atoms with Crippen LogP contribution in [0.2, 0.25) is 0 Å². The monoisotopic (exact) mass is 348 g/mol. The Balaban J connectivity index is 1.92. The molecule has 0 aliphatic carbocycles. The fourth-order valence-electron chi connectivity index (χ4n) is 2.19. The van der Waals surface area contributed by atoms with Gasteiger partial charge in [-0.15, -0.1) is 0 Å². The highest BCUT2D eigenvalue weighted by molar-refractivity contribution is 7.80. The Morgan fingerprint density at radius 2 is 1.92 bits per heavy atom. The van der Waals surface area contributed by atoms with Gasteiger partial charge in [0.2, 0.25) is 0 Å². The second kappa shape index (κ2) is 6.81. The van der Waals surface area contributed by atoms with Crippen LogP contribution in [-0.2, 0) is 11.3 Å². The molecule has 1 heterocycles. The average Bonchev–Trinajstić information content (AvgIpc) is 2.56. The molecular formula is C16H13FN2O4S. The van der Waals surface area contributed by atoms with Gasteiger partial charge in [0.1, 0.15) is 11.5 Å². The SMILES string of the molecule is COc1cc2nccc(Oc3ccc(NS(=O)O)cc3)c2cc1F. The number of aromatic nitrogens is 1. The van der Waals surface area contributed by atoms with Crippen LogP contribution in [0.15, 0.2) is 48.7 Å². The minimum atomic E-state index is -2.14. The number of benzene rings is 2. The van der Waals surface area contributed by atoms with E-state index >= 15 is 0 Å². The van der Waals surface area contributed by atoms with E-state index in [9.17, 15) is 8.60 Å². The summed E-state index contributed by atoms with van der Waals surface area (Å²) in [5.41, 5.74) is 1.01. The van der Waals surface area contributed by atoms with E-state index < -0.39 is 17.1 Å². The first kappa shape index (κ1) is 16.2. The van der Waals surface area contributed by atoms with Gasteiger partial charge in [-0.2, -0.15) is 0 Å². The maximum Gasteiger partial charge on any atom is 0.259 e. The highest BCUT2D eigenvalue weighted by Gasteiger charge is 2.10. The van der Waals surface area contributed by atoms with Crippen molar-refractivity contribution >= 4 is 27.9 Å². The number of halogens is 1. The number of fused-ring (bicyclic) bond motifs is 1. The number of rotatable bonds is 5. The van der Waals surface area contributed by atoms with E-state index in [0.717, 1.165) is 0 Å². The smallest absolute Gasteiger partial charge is 0.259 e. The molecule has 1 atom stereocenters. The molecule has 0 fully saturated rings. The third kappa shape index (κ3) is 3.44. The van der Waals surface area contributed by atoms with Crippen molar-refractivity contribution in [1.82, 2.24) is 4.98 Å². The van der Waals surface area contributed by atoms with Gasteiger partial charge in [-0.05, 0) is 36.4 Å². The molecule has 2 N–H and O–H groups in total. The summed E-state index contributed by atoms with van der Waals surface area (Å²) in [6.45, 7) is 0. The Hall–Kier alpha value is -2.71. The molecule has 0 saturated carbocycles. The van der Waals surface area contributed by atoms with Gasteiger partial charge in [0, 0.05) is 23.3 Å². The number of pyridine rings is 1. The first-order valence-electron chi connectivity index (χ1n) is 6.84. The maximum absolute atomic E-state index is 13.9. The number of nitrogens with one attached hydrogen (secondary N) is 1. The van der Waals surface area contributed by atoms with Crippen LogP contribution >= 0.6 is 0 Å². The second-order valence-electron chi connectivity index (χ2n) is 4.79. The quantitative estimate of drug-likeness (QED) is 0.687. The second-order valence-corrected chi connectivity index (χ2v) is 5.49. The van der Waals surface area contributed by atoms with Gasteiger partial charge >= 0.3 is 0 Å². The van der Waals surface area contributed by atoms with E-state index in [0.29, 0.717) is 28.1 Å². The topological polar surface area (TPSA) is 80.7 Å². The largest absolute Gasteiger partial charge is 0.494 e. The highest BCUT2D eigenvalue weighted by Crippen LogP contribution is 2.32. The van der Waals surface area contributed by atoms with Gasteiger partial charge in [-0.25, -0.2) is 8.60 Å². The van der Waals surface area contributed by atoms with Gasteiger partial charge in [0.05, 0.1) is 12.6 Å². The Morgan fingerprint density at radius 1 is 1.17 bits per heavy atom. The van der Waals surface area contributed by atoms with E-state index in [1.54, 1.807) is 36.5 Å². The lowest BCUT2D eigenvalue weighted by atomic mass is 10.2. The zero-order chi connectivity index (χ0) is 17.1. The van der Waals surface area contributed by atoms with E-state index in [2.05, 4.69) is 9.71 Å². The summed E-state index contributed by atoms with van der Waals surface area (Å²) in [5.74, 6) is 0.536. The minimum Gasteiger partial charge on any atom is -0.494 e. The summed E-state index contributed by atoms with van der Waals surface area (Å²) in [6, 6.07) is 10.9. The van der Waals surface area contributed by atoms with Crippen molar-refractivity contribution in [2.24, 2.45) is 0 Å². The first-order valence-corrected chi connectivity index (χ1v) is 7.95. The van der Waals surface area contributed by atoms with Gasteiger partial charge in [-0.3, -0.25) is 14.3 Å². The van der Waals surface area contributed by atoms with Crippen molar-refractivity contribution in [2.75, 3.05) is 11.8 Å². The fourth-order valence-corrected chi connectivity index (χ4v) is 2.52. The van der Waals surface area contributed by atoms with Crippen molar-refractivity contribution in [3.63, 3.8) is 0 Å². The predicted molar refractivity (Wildman–Crippen MR) is 89.2 cm³/mol. The van der Waals surface area contributed by atoms with E-state index in [4.69, 9.17) is 14.0 Å². The third-order valence-electron chi connectivity index (χ3n) is 3.26. The van der Waals surface area contributed by atoms with Crippen LogP contribution in [0.4, 0.5) is 10.1 Å². The molecule has 0 saturated heterocycles. The lowest BCUT2D eigenvalue weighted by Crippen LogP contribution is -2.01. The summed E-state index contributed by atoms with van der Waals surface area (Å²) in [4.78, 5) is 4.18. The molecule has 24 heavy (non-hydrogen) atoms. The van der Waals surface area contributed by atoms with Gasteiger partial charge in [-0.1, -0.05) is 0 Å². The van der Waals surface area contributed by atoms with Crippen LogP contribution < -0.4 is 14.2 Å². The Bertz CT molecular complexity index is 902. The zero-order valence-corrected chi connectivity index (χ0v) is 13.3. The molecule has 3 aromatic rings. The summed E-state index contributed by atoms with van der Waals surface area (Å²) in [5, 5.41) is 0.509. The Morgan fingerprint density at radius 3 is 2.58 bits per heavy atom. The summed E-state index contributed by atoms with van der Waals surface area (Å²) in [6.07, 6.45) is 1.56. The molecule has 0 spiro atoms. The first-order chi connectivity index (χ1) is 11.6. The third-order valence-corrected chi connectivity index (χ3v) is 3.67. The molecule has 0 aliphatic rings. The van der Waals surface area contributed by atoms with E-state index in [-0.39, 0.29) is 5.75 Å². The lowest BCUT2D eigenvalue weighted by molar-refractivity contribution is 0.387. The van der Waals surface area contributed by atoms with E-state index in [1.165, 1.54) is 19.2 Å². The minimum absolute atomic E-state index is 0.111. The number of nitrogens with zero attached hydrogens (tertiary/aromatic N) is 1. The summed E-state index contributed by atoms with van der Waals surface area (Å²) >= 11 is -2.14. The Labute approximate surface area is 139 Å². The van der Waals surface area contributed by atoms with Crippen LogP contribution in [0, 0.1) is 5.82 Å². The average molecular weight is 348 g/mol.